The molecule has 0 radical (unpaired) electrons. The minimum atomic E-state index is -1.15. The largest absolute Gasteiger partial charge is 0.482 e. The average Bonchev–Trinajstić information content (AvgIpc) is 3.40. The summed E-state index contributed by atoms with van der Waals surface area (Å²) in [7, 11) is 0. The van der Waals surface area contributed by atoms with Crippen LogP contribution in [0.15, 0.2) is 47.4 Å². The minimum absolute atomic E-state index is 0.00661. The van der Waals surface area contributed by atoms with Crippen LogP contribution in [0.1, 0.15) is 22.5 Å². The second kappa shape index (κ2) is 5.83. The Balaban J connectivity index is 1.55. The third kappa shape index (κ3) is 2.32. The first kappa shape index (κ1) is 16.8. The molecule has 9 heteroatoms. The van der Waals surface area contributed by atoms with E-state index in [4.69, 9.17) is 9.47 Å². The molecule has 3 aliphatic rings. The lowest BCUT2D eigenvalue weighted by molar-refractivity contribution is -0.150. The highest BCUT2D eigenvalue weighted by Gasteiger charge is 2.69. The molecule has 28 heavy (non-hydrogen) atoms. The molecule has 2 aliphatic heterocycles. The molecule has 2 aromatic rings. The number of carbonyl (C=O) groups excluding carboxylic acids is 1. The number of nitrogens with one attached hydrogen (secondary N) is 1. The summed E-state index contributed by atoms with van der Waals surface area (Å²) in [4.78, 5) is 38.7. The minimum Gasteiger partial charge on any atom is -0.482 e. The van der Waals surface area contributed by atoms with Crippen molar-refractivity contribution in [2.24, 2.45) is 0 Å². The number of nitrogens with zero attached hydrogens (tertiary/aromatic N) is 2. The number of hydrogen-bond donors (Lipinski definition) is 2. The number of benzene rings is 1. The van der Waals surface area contributed by atoms with Crippen molar-refractivity contribution >= 4 is 11.9 Å². The van der Waals surface area contributed by atoms with Crippen LogP contribution in [0.25, 0.3) is 0 Å². The number of aromatic nitrogens is 1. The summed E-state index contributed by atoms with van der Waals surface area (Å²) >= 11 is 0. The van der Waals surface area contributed by atoms with E-state index in [9.17, 15) is 19.5 Å². The van der Waals surface area contributed by atoms with Crippen LogP contribution >= 0.6 is 0 Å². The number of amides is 1. The van der Waals surface area contributed by atoms with E-state index >= 15 is 0 Å². The standard InChI is InChI=1S/C19H17N3O6/c23-13-6-7-21-15(16(13)28-9-11-4-2-1-3-5-11)17(24)22-12(18(25)26)10-27-14-8-19(14,22)20-21/h1-7,12,14,20H,8-10H2,(H,25,26)/t12-,14-,19+/m0/s1. The molecule has 0 bridgehead atoms. The number of hydrogen-bond acceptors (Lipinski definition) is 6. The van der Waals surface area contributed by atoms with Gasteiger partial charge in [0.1, 0.15) is 12.7 Å². The van der Waals surface area contributed by atoms with Crippen LogP contribution in [0, 0.1) is 0 Å². The highest BCUT2D eigenvalue weighted by atomic mass is 16.5. The van der Waals surface area contributed by atoms with Gasteiger partial charge in [0.15, 0.2) is 23.1 Å². The van der Waals surface area contributed by atoms with Crippen molar-refractivity contribution in [3.05, 3.63) is 64.1 Å². The van der Waals surface area contributed by atoms with Crippen LogP contribution in [0.3, 0.4) is 0 Å². The number of aliphatic carboxylic acids is 1. The van der Waals surface area contributed by atoms with Gasteiger partial charge < -0.3 is 14.6 Å². The Morgan fingerprint density at radius 3 is 2.82 bits per heavy atom. The lowest BCUT2D eigenvalue weighted by atomic mass is 10.1. The summed E-state index contributed by atoms with van der Waals surface area (Å²) in [5, 5.41) is 9.55. The first-order valence-electron chi connectivity index (χ1n) is 8.90. The van der Waals surface area contributed by atoms with E-state index in [0.717, 1.165) is 5.56 Å². The summed E-state index contributed by atoms with van der Waals surface area (Å²) in [6, 6.07) is 9.43. The molecule has 0 unspecified atom stereocenters. The fourth-order valence-electron chi connectivity index (χ4n) is 3.91. The molecule has 144 valence electrons. The monoisotopic (exact) mass is 383 g/mol. The van der Waals surface area contributed by atoms with Gasteiger partial charge >= 0.3 is 5.97 Å². The highest BCUT2D eigenvalue weighted by molar-refractivity contribution is 6.00. The third-order valence-corrected chi connectivity index (χ3v) is 5.37. The molecule has 2 N–H and O–H groups in total. The van der Waals surface area contributed by atoms with Gasteiger partial charge in [-0.05, 0) is 5.56 Å². The molecule has 3 heterocycles. The maximum atomic E-state index is 13.3. The van der Waals surface area contributed by atoms with Crippen LogP contribution in [0.2, 0.25) is 0 Å². The lowest BCUT2D eigenvalue weighted by Gasteiger charge is -2.45. The van der Waals surface area contributed by atoms with E-state index < -0.39 is 29.0 Å². The molecule has 1 saturated heterocycles. The Hall–Kier alpha value is -3.33. The fourth-order valence-corrected chi connectivity index (χ4v) is 3.91. The lowest BCUT2D eigenvalue weighted by Crippen LogP contribution is -2.66. The molecule has 1 aliphatic carbocycles. The molecule has 1 spiro atoms. The van der Waals surface area contributed by atoms with Crippen LogP contribution in [0.4, 0.5) is 0 Å². The topological polar surface area (TPSA) is 110 Å². The summed E-state index contributed by atoms with van der Waals surface area (Å²) < 4.78 is 12.7. The Labute approximate surface area is 159 Å². The third-order valence-electron chi connectivity index (χ3n) is 5.37. The van der Waals surface area contributed by atoms with Crippen molar-refractivity contribution < 1.29 is 24.2 Å². The van der Waals surface area contributed by atoms with Crippen LogP contribution in [0.5, 0.6) is 5.75 Å². The fraction of sp³-hybridized carbons (Fsp3) is 0.316. The predicted octanol–water partition coefficient (Wildman–Crippen LogP) is 0.379. The molecular weight excluding hydrogens is 366 g/mol. The molecule has 3 atom stereocenters. The zero-order chi connectivity index (χ0) is 19.5. The molecule has 5 rings (SSSR count). The van der Waals surface area contributed by atoms with Gasteiger partial charge in [0.05, 0.1) is 6.61 Å². The maximum Gasteiger partial charge on any atom is 0.328 e. The Morgan fingerprint density at radius 2 is 2.07 bits per heavy atom. The molecule has 1 aromatic heterocycles. The van der Waals surface area contributed by atoms with Crippen molar-refractivity contribution in [1.29, 1.82) is 0 Å². The van der Waals surface area contributed by atoms with Gasteiger partial charge in [-0.2, -0.15) is 0 Å². The summed E-state index contributed by atoms with van der Waals surface area (Å²) in [6.07, 6.45) is 1.65. The van der Waals surface area contributed by atoms with Gasteiger partial charge in [0, 0.05) is 18.7 Å². The number of carboxylic acids is 1. The molecule has 9 nitrogen and oxygen atoms in total. The second-order valence-corrected chi connectivity index (χ2v) is 7.09. The normalized spacial score (nSPS) is 27.1. The van der Waals surface area contributed by atoms with Crippen molar-refractivity contribution in [1.82, 2.24) is 9.58 Å². The number of fused-ring (bicyclic) bond motifs is 1. The molecular formula is C19H17N3O6. The number of ether oxygens (including phenoxy) is 2. The molecule has 1 saturated carbocycles. The van der Waals surface area contributed by atoms with Gasteiger partial charge in [-0.15, -0.1) is 0 Å². The Morgan fingerprint density at radius 1 is 1.29 bits per heavy atom. The summed E-state index contributed by atoms with van der Waals surface area (Å²) in [5.41, 5.74) is 2.63. The van der Waals surface area contributed by atoms with Crippen LogP contribution in [-0.4, -0.2) is 51.0 Å². The van der Waals surface area contributed by atoms with Crippen LogP contribution < -0.4 is 15.6 Å². The van der Waals surface area contributed by atoms with Crippen molar-refractivity contribution in [3.8, 4) is 5.75 Å². The highest BCUT2D eigenvalue weighted by Crippen LogP contribution is 2.50. The quantitative estimate of drug-likeness (QED) is 0.785. The van der Waals surface area contributed by atoms with E-state index in [1.54, 1.807) is 0 Å². The van der Waals surface area contributed by atoms with Gasteiger partial charge in [-0.3, -0.25) is 24.6 Å². The first-order chi connectivity index (χ1) is 13.5. The van der Waals surface area contributed by atoms with E-state index in [2.05, 4.69) is 5.43 Å². The molecule has 2 fully saturated rings. The van der Waals surface area contributed by atoms with Crippen LogP contribution in [-0.2, 0) is 16.1 Å². The first-order valence-corrected chi connectivity index (χ1v) is 8.90. The molecule has 1 aromatic carbocycles. The van der Waals surface area contributed by atoms with Crippen molar-refractivity contribution in [3.63, 3.8) is 0 Å². The number of morpholine rings is 1. The number of carbonyl (C=O) groups is 2. The van der Waals surface area contributed by atoms with E-state index in [0.29, 0.717) is 6.42 Å². The van der Waals surface area contributed by atoms with Gasteiger partial charge in [-0.1, -0.05) is 30.3 Å². The average molecular weight is 383 g/mol. The number of pyridine rings is 1. The maximum absolute atomic E-state index is 13.3. The number of carboxylic acid groups (broad SMARTS) is 1. The van der Waals surface area contributed by atoms with Gasteiger partial charge in [0.2, 0.25) is 5.43 Å². The zero-order valence-corrected chi connectivity index (χ0v) is 14.7. The van der Waals surface area contributed by atoms with Gasteiger partial charge in [0.25, 0.3) is 5.91 Å². The molecule has 1 amide bonds. The van der Waals surface area contributed by atoms with Crippen molar-refractivity contribution in [2.45, 2.75) is 30.8 Å². The predicted molar refractivity (Wildman–Crippen MR) is 95.5 cm³/mol. The summed E-state index contributed by atoms with van der Waals surface area (Å²) in [6.45, 7) is 0.0199. The smallest absolute Gasteiger partial charge is 0.328 e. The zero-order valence-electron chi connectivity index (χ0n) is 14.7. The SMILES string of the molecule is O=C(O)[C@@H]1CO[C@H]2C[C@]23Nn2ccc(=O)c(OCc4ccccc4)c2C(=O)N13. The summed E-state index contributed by atoms with van der Waals surface area (Å²) in [5.74, 6) is -1.82. The Kier molecular flexibility index (Phi) is 3.50. The Bertz CT molecular complexity index is 1040. The van der Waals surface area contributed by atoms with Gasteiger partial charge in [-0.25, -0.2) is 4.79 Å². The second-order valence-electron chi connectivity index (χ2n) is 7.09. The number of rotatable bonds is 4. The van der Waals surface area contributed by atoms with E-state index in [1.165, 1.54) is 21.8 Å². The van der Waals surface area contributed by atoms with E-state index in [-0.39, 0.29) is 30.8 Å². The van der Waals surface area contributed by atoms with E-state index in [1.807, 2.05) is 30.3 Å². The van der Waals surface area contributed by atoms with Crippen molar-refractivity contribution in [2.75, 3.05) is 12.0 Å².